The van der Waals surface area contributed by atoms with Crippen LogP contribution in [0.3, 0.4) is 0 Å². The molecule has 0 saturated carbocycles. The zero-order valence-corrected chi connectivity index (χ0v) is 19.2. The minimum Gasteiger partial charge on any atom is -0.386 e. The van der Waals surface area contributed by atoms with E-state index in [0.29, 0.717) is 51.1 Å². The van der Waals surface area contributed by atoms with Crippen molar-refractivity contribution in [3.05, 3.63) is 102 Å². The number of amides is 1. The molecule has 0 radical (unpaired) electrons. The molecule has 5 nitrogen and oxygen atoms in total. The first-order valence-corrected chi connectivity index (χ1v) is 12.0. The molecule has 2 fully saturated rings. The van der Waals surface area contributed by atoms with Gasteiger partial charge in [0.05, 0.1) is 23.3 Å². The summed E-state index contributed by atoms with van der Waals surface area (Å²) < 4.78 is 14.1. The van der Waals surface area contributed by atoms with Crippen LogP contribution >= 0.6 is 0 Å². The number of aromatic nitrogens is 1. The highest BCUT2D eigenvalue weighted by molar-refractivity contribution is 5.85. The maximum Gasteiger partial charge on any atom is 0.229 e. The third kappa shape index (κ3) is 4.48. The molecule has 5 rings (SSSR count). The normalized spacial score (nSPS) is 21.2. The summed E-state index contributed by atoms with van der Waals surface area (Å²) in [6, 6.07) is 22.3. The van der Waals surface area contributed by atoms with Crippen molar-refractivity contribution in [2.75, 3.05) is 13.1 Å². The maximum atomic E-state index is 14.1. The van der Waals surface area contributed by atoms with Gasteiger partial charge in [-0.1, -0.05) is 60.7 Å². The molecule has 0 aliphatic carbocycles. The monoisotopic (exact) mass is 459 g/mol. The van der Waals surface area contributed by atoms with Gasteiger partial charge in [0.25, 0.3) is 0 Å². The molecule has 2 atom stereocenters. The van der Waals surface area contributed by atoms with E-state index in [2.05, 4.69) is 9.88 Å². The Labute approximate surface area is 199 Å². The van der Waals surface area contributed by atoms with Crippen molar-refractivity contribution in [2.24, 2.45) is 5.41 Å². The second-order valence-corrected chi connectivity index (χ2v) is 9.53. The SMILES string of the molecule is O=C1N(Cc2ccccc2)[C@H]([C@H](O)c2ccccc2)CC12CCN(Cc1ncccc1F)CC2. The predicted octanol–water partition coefficient (Wildman–Crippen LogP) is 4.34. The molecule has 3 heterocycles. The fraction of sp³-hybridized carbons (Fsp3) is 0.357. The number of piperidine rings is 1. The number of pyridine rings is 1. The first kappa shape index (κ1) is 22.7. The zero-order chi connectivity index (χ0) is 23.5. The molecular weight excluding hydrogens is 429 g/mol. The first-order chi connectivity index (χ1) is 16.6. The molecule has 3 aromatic rings. The summed E-state index contributed by atoms with van der Waals surface area (Å²) in [5.41, 5.74) is 1.84. The fourth-order valence-corrected chi connectivity index (χ4v) is 5.48. The van der Waals surface area contributed by atoms with Crippen molar-refractivity contribution in [3.8, 4) is 0 Å². The standard InChI is InChI=1S/C28H30FN3O2/c29-23-12-7-15-30-24(23)20-31-16-13-28(14-17-31)18-25(26(33)22-10-5-2-6-11-22)32(27(28)34)19-21-8-3-1-4-9-21/h1-12,15,25-26,33H,13-14,16-20H2/t25-,26+/m0/s1. The van der Waals surface area contributed by atoms with Gasteiger partial charge < -0.3 is 10.0 Å². The highest BCUT2D eigenvalue weighted by atomic mass is 19.1. The fourth-order valence-electron chi connectivity index (χ4n) is 5.48. The van der Waals surface area contributed by atoms with Crippen LogP contribution in [0.4, 0.5) is 4.39 Å². The molecule has 1 N–H and O–H groups in total. The van der Waals surface area contributed by atoms with E-state index in [-0.39, 0.29) is 17.8 Å². The molecule has 0 unspecified atom stereocenters. The van der Waals surface area contributed by atoms with E-state index in [1.807, 2.05) is 65.6 Å². The number of hydrogen-bond donors (Lipinski definition) is 1. The van der Waals surface area contributed by atoms with Gasteiger partial charge in [-0.15, -0.1) is 0 Å². The molecule has 1 spiro atoms. The van der Waals surface area contributed by atoms with E-state index in [0.717, 1.165) is 11.1 Å². The molecule has 2 saturated heterocycles. The van der Waals surface area contributed by atoms with Crippen molar-refractivity contribution < 1.29 is 14.3 Å². The van der Waals surface area contributed by atoms with Gasteiger partial charge in [-0.05, 0) is 55.6 Å². The summed E-state index contributed by atoms with van der Waals surface area (Å²) in [6.45, 7) is 2.34. The molecule has 1 amide bonds. The lowest BCUT2D eigenvalue weighted by atomic mass is 9.75. The van der Waals surface area contributed by atoms with Crippen LogP contribution < -0.4 is 0 Å². The van der Waals surface area contributed by atoms with Crippen LogP contribution in [0, 0.1) is 11.2 Å². The van der Waals surface area contributed by atoms with Gasteiger partial charge in [0.2, 0.25) is 5.91 Å². The lowest BCUT2D eigenvalue weighted by Gasteiger charge is -2.37. The minimum atomic E-state index is -0.742. The second kappa shape index (κ2) is 9.65. The van der Waals surface area contributed by atoms with Crippen LogP contribution in [0.15, 0.2) is 79.0 Å². The highest BCUT2D eigenvalue weighted by Gasteiger charge is 2.54. The number of hydrogen-bond acceptors (Lipinski definition) is 4. The quantitative estimate of drug-likeness (QED) is 0.596. The predicted molar refractivity (Wildman–Crippen MR) is 128 cm³/mol. The summed E-state index contributed by atoms with van der Waals surface area (Å²) in [6.07, 6.45) is 2.89. The Morgan fingerprint density at radius 2 is 1.65 bits per heavy atom. The Balaban J connectivity index is 1.35. The smallest absolute Gasteiger partial charge is 0.229 e. The van der Waals surface area contributed by atoms with Crippen molar-refractivity contribution in [3.63, 3.8) is 0 Å². The number of benzene rings is 2. The summed E-state index contributed by atoms with van der Waals surface area (Å²) in [4.78, 5) is 22.1. The number of carbonyl (C=O) groups is 1. The van der Waals surface area contributed by atoms with Gasteiger partial charge >= 0.3 is 0 Å². The Kier molecular flexibility index (Phi) is 6.44. The van der Waals surface area contributed by atoms with Crippen molar-refractivity contribution in [1.82, 2.24) is 14.8 Å². The van der Waals surface area contributed by atoms with E-state index >= 15 is 0 Å². The first-order valence-electron chi connectivity index (χ1n) is 12.0. The van der Waals surface area contributed by atoms with Crippen LogP contribution in [0.1, 0.15) is 42.2 Å². The van der Waals surface area contributed by atoms with Crippen LogP contribution in [-0.4, -0.2) is 44.9 Å². The van der Waals surface area contributed by atoms with Gasteiger partial charge in [0.15, 0.2) is 0 Å². The van der Waals surface area contributed by atoms with Crippen molar-refractivity contribution in [1.29, 1.82) is 0 Å². The number of aliphatic hydroxyl groups is 1. The van der Waals surface area contributed by atoms with E-state index < -0.39 is 11.5 Å². The van der Waals surface area contributed by atoms with Crippen LogP contribution in [-0.2, 0) is 17.9 Å². The Hall–Kier alpha value is -3.09. The zero-order valence-electron chi connectivity index (χ0n) is 19.2. The lowest BCUT2D eigenvalue weighted by Crippen LogP contribution is -2.44. The summed E-state index contributed by atoms with van der Waals surface area (Å²) in [5.74, 6) is -0.167. The lowest BCUT2D eigenvalue weighted by molar-refractivity contribution is -0.140. The average molecular weight is 460 g/mol. The number of halogens is 1. The summed E-state index contributed by atoms with van der Waals surface area (Å²) in [7, 11) is 0. The second-order valence-electron chi connectivity index (χ2n) is 9.53. The van der Waals surface area contributed by atoms with Gasteiger partial charge in [-0.3, -0.25) is 14.7 Å². The largest absolute Gasteiger partial charge is 0.386 e. The van der Waals surface area contributed by atoms with Gasteiger partial charge in [-0.2, -0.15) is 0 Å². The number of aliphatic hydroxyl groups excluding tert-OH is 1. The van der Waals surface area contributed by atoms with Crippen molar-refractivity contribution >= 4 is 5.91 Å². The third-order valence-electron chi connectivity index (χ3n) is 7.44. The topological polar surface area (TPSA) is 56.7 Å². The number of nitrogens with zero attached hydrogens (tertiary/aromatic N) is 3. The van der Waals surface area contributed by atoms with Crippen LogP contribution in [0.5, 0.6) is 0 Å². The summed E-state index contributed by atoms with van der Waals surface area (Å²) >= 11 is 0. The molecule has 0 bridgehead atoms. The Morgan fingerprint density at radius 3 is 2.32 bits per heavy atom. The Morgan fingerprint density at radius 1 is 0.971 bits per heavy atom. The van der Waals surface area contributed by atoms with Gasteiger partial charge in [-0.25, -0.2) is 4.39 Å². The maximum absolute atomic E-state index is 14.1. The number of likely N-dealkylation sites (tertiary alicyclic amines) is 2. The summed E-state index contributed by atoms with van der Waals surface area (Å²) in [5, 5.41) is 11.3. The van der Waals surface area contributed by atoms with E-state index in [4.69, 9.17) is 0 Å². The molecule has 6 heteroatoms. The molecule has 1 aromatic heterocycles. The highest BCUT2D eigenvalue weighted by Crippen LogP contribution is 2.48. The number of carbonyl (C=O) groups excluding carboxylic acids is 1. The minimum absolute atomic E-state index is 0.125. The molecule has 2 aliphatic heterocycles. The third-order valence-corrected chi connectivity index (χ3v) is 7.44. The van der Waals surface area contributed by atoms with Gasteiger partial charge in [0, 0.05) is 19.3 Å². The van der Waals surface area contributed by atoms with Gasteiger partial charge in [0.1, 0.15) is 5.82 Å². The van der Waals surface area contributed by atoms with E-state index in [1.165, 1.54) is 6.07 Å². The van der Waals surface area contributed by atoms with E-state index in [9.17, 15) is 14.3 Å². The average Bonchev–Trinajstić information content (AvgIpc) is 3.14. The van der Waals surface area contributed by atoms with Crippen LogP contribution in [0.2, 0.25) is 0 Å². The molecule has 2 aromatic carbocycles. The van der Waals surface area contributed by atoms with E-state index in [1.54, 1.807) is 12.3 Å². The van der Waals surface area contributed by atoms with Crippen molar-refractivity contribution in [2.45, 2.75) is 44.5 Å². The molecule has 176 valence electrons. The molecule has 34 heavy (non-hydrogen) atoms. The molecule has 2 aliphatic rings. The molecular formula is C28H30FN3O2. The Bertz CT molecular complexity index is 1120. The number of rotatable bonds is 6. The van der Waals surface area contributed by atoms with Crippen LogP contribution in [0.25, 0.3) is 0 Å².